The third-order valence-corrected chi connectivity index (χ3v) is 1.59. The normalized spacial score (nSPS) is 28.3. The van der Waals surface area contributed by atoms with E-state index in [9.17, 15) is 5.11 Å². The molecule has 0 aromatic rings. The summed E-state index contributed by atoms with van der Waals surface area (Å²) in [6.45, 7) is 3.04. The molecule has 0 saturated carbocycles. The molecule has 0 aromatic carbocycles. The summed E-state index contributed by atoms with van der Waals surface area (Å²) >= 11 is 0. The highest BCUT2D eigenvalue weighted by Gasteiger charge is 2.09. The van der Waals surface area contributed by atoms with Gasteiger partial charge in [-0.1, -0.05) is 0 Å². The zero-order chi connectivity index (χ0) is 6.53. The molecule has 0 amide bonds. The average Bonchev–Trinajstić information content (AvgIpc) is 1.91. The van der Waals surface area contributed by atoms with Crippen LogP contribution in [0.2, 0.25) is 0 Å². The van der Waals surface area contributed by atoms with Crippen LogP contribution in [-0.2, 0) is 5.11 Å². The summed E-state index contributed by atoms with van der Waals surface area (Å²) in [6.07, 6.45) is 0.757. The quantitative estimate of drug-likeness (QED) is 0.521. The van der Waals surface area contributed by atoms with Crippen LogP contribution in [0, 0.1) is 0 Å². The fourth-order valence-corrected chi connectivity index (χ4v) is 1.06. The van der Waals surface area contributed by atoms with Crippen LogP contribution in [0.4, 0.5) is 0 Å². The minimum absolute atomic E-state index is 0.0410. The summed E-state index contributed by atoms with van der Waals surface area (Å²) in [5, 5.41) is 16.6. The highest BCUT2D eigenvalue weighted by atomic mass is 16.3. The molecule has 1 heterocycles. The molecule has 1 aliphatic rings. The van der Waals surface area contributed by atoms with Crippen molar-refractivity contribution in [2.24, 2.45) is 0 Å². The minimum atomic E-state index is 0.0410. The van der Waals surface area contributed by atoms with Crippen molar-refractivity contribution in [1.29, 1.82) is 0 Å². The van der Waals surface area contributed by atoms with E-state index in [1.807, 2.05) is 0 Å². The van der Waals surface area contributed by atoms with E-state index >= 15 is 0 Å². The summed E-state index contributed by atoms with van der Waals surface area (Å²) < 4.78 is 0. The standard InChI is InChI=1S/C6H13N2O/c9-4-1-6-5-7-2-3-8-6/h6-8H,1-5H2. The molecule has 3 heteroatoms. The van der Waals surface area contributed by atoms with Crippen LogP contribution in [-0.4, -0.2) is 32.3 Å². The molecule has 0 spiro atoms. The summed E-state index contributed by atoms with van der Waals surface area (Å²) in [4.78, 5) is 0. The van der Waals surface area contributed by atoms with Crippen LogP contribution in [0.3, 0.4) is 0 Å². The molecule has 53 valence electrons. The number of hydrogen-bond acceptors (Lipinski definition) is 2. The lowest BCUT2D eigenvalue weighted by Crippen LogP contribution is -2.48. The van der Waals surface area contributed by atoms with Crippen LogP contribution in [0.15, 0.2) is 0 Å². The fourth-order valence-electron chi connectivity index (χ4n) is 1.06. The van der Waals surface area contributed by atoms with Gasteiger partial charge in [-0.05, 0) is 6.42 Å². The number of nitrogens with one attached hydrogen (secondary N) is 2. The van der Waals surface area contributed by atoms with E-state index < -0.39 is 0 Å². The van der Waals surface area contributed by atoms with Crippen molar-refractivity contribution >= 4 is 0 Å². The van der Waals surface area contributed by atoms with Gasteiger partial charge in [-0.25, -0.2) is 5.11 Å². The predicted molar refractivity (Wildman–Crippen MR) is 34.8 cm³/mol. The first-order valence-electron chi connectivity index (χ1n) is 3.45. The first kappa shape index (κ1) is 6.99. The Balaban J connectivity index is 2.08. The highest BCUT2D eigenvalue weighted by Crippen LogP contribution is 1.91. The van der Waals surface area contributed by atoms with Gasteiger partial charge < -0.3 is 10.6 Å². The van der Waals surface area contributed by atoms with Gasteiger partial charge in [-0.2, -0.15) is 0 Å². The Bertz CT molecular complexity index is 68.7. The van der Waals surface area contributed by atoms with Crippen molar-refractivity contribution in [3.63, 3.8) is 0 Å². The van der Waals surface area contributed by atoms with Crippen LogP contribution in [0.5, 0.6) is 0 Å². The van der Waals surface area contributed by atoms with E-state index in [1.165, 1.54) is 0 Å². The fraction of sp³-hybridized carbons (Fsp3) is 1.00. The molecule has 3 nitrogen and oxygen atoms in total. The third-order valence-electron chi connectivity index (χ3n) is 1.59. The second-order valence-corrected chi connectivity index (χ2v) is 2.35. The van der Waals surface area contributed by atoms with Gasteiger partial charge in [0.15, 0.2) is 0 Å². The van der Waals surface area contributed by atoms with E-state index in [0.29, 0.717) is 6.04 Å². The van der Waals surface area contributed by atoms with Crippen molar-refractivity contribution in [1.82, 2.24) is 10.6 Å². The lowest BCUT2D eigenvalue weighted by Gasteiger charge is -2.23. The van der Waals surface area contributed by atoms with Gasteiger partial charge in [0.2, 0.25) is 0 Å². The highest BCUT2D eigenvalue weighted by molar-refractivity contribution is 4.74. The maximum Gasteiger partial charge on any atom is 0.0837 e. The number of hydrogen-bond donors (Lipinski definition) is 2. The minimum Gasteiger partial charge on any atom is -0.314 e. The van der Waals surface area contributed by atoms with Crippen molar-refractivity contribution < 1.29 is 5.11 Å². The predicted octanol–water partition coefficient (Wildman–Crippen LogP) is -0.632. The molecule has 0 bridgehead atoms. The van der Waals surface area contributed by atoms with E-state index in [1.54, 1.807) is 0 Å². The summed E-state index contributed by atoms with van der Waals surface area (Å²) in [7, 11) is 0. The van der Waals surface area contributed by atoms with E-state index in [4.69, 9.17) is 0 Å². The zero-order valence-corrected chi connectivity index (χ0v) is 5.52. The number of rotatable bonds is 2. The van der Waals surface area contributed by atoms with Crippen molar-refractivity contribution in [3.05, 3.63) is 0 Å². The molecule has 1 unspecified atom stereocenters. The maximum atomic E-state index is 10.1. The summed E-state index contributed by atoms with van der Waals surface area (Å²) in [5.41, 5.74) is 0. The summed E-state index contributed by atoms with van der Waals surface area (Å²) in [5.74, 6) is 0. The first-order chi connectivity index (χ1) is 4.43. The zero-order valence-electron chi connectivity index (χ0n) is 5.52. The van der Waals surface area contributed by atoms with Gasteiger partial charge in [0.1, 0.15) is 0 Å². The SMILES string of the molecule is [O]CCC1CNCCN1. The van der Waals surface area contributed by atoms with Crippen LogP contribution < -0.4 is 10.6 Å². The molecule has 1 fully saturated rings. The first-order valence-corrected chi connectivity index (χ1v) is 3.45. The molecule has 9 heavy (non-hydrogen) atoms. The van der Waals surface area contributed by atoms with E-state index in [0.717, 1.165) is 26.1 Å². The molecular weight excluding hydrogens is 116 g/mol. The van der Waals surface area contributed by atoms with Gasteiger partial charge >= 0.3 is 0 Å². The second kappa shape index (κ2) is 3.82. The maximum absolute atomic E-state index is 10.1. The van der Waals surface area contributed by atoms with Crippen molar-refractivity contribution in [2.45, 2.75) is 12.5 Å². The lowest BCUT2D eigenvalue weighted by molar-refractivity contribution is 0.172. The van der Waals surface area contributed by atoms with Gasteiger partial charge in [0, 0.05) is 25.7 Å². The van der Waals surface area contributed by atoms with E-state index in [2.05, 4.69) is 10.6 Å². The van der Waals surface area contributed by atoms with Crippen molar-refractivity contribution in [3.8, 4) is 0 Å². The average molecular weight is 129 g/mol. The Kier molecular flexibility index (Phi) is 2.97. The lowest BCUT2D eigenvalue weighted by atomic mass is 10.2. The molecule has 1 rings (SSSR count). The molecular formula is C6H13N2O. The van der Waals surface area contributed by atoms with Crippen LogP contribution in [0.1, 0.15) is 6.42 Å². The Labute approximate surface area is 55.5 Å². The Morgan fingerprint density at radius 3 is 2.89 bits per heavy atom. The molecule has 1 aliphatic heterocycles. The second-order valence-electron chi connectivity index (χ2n) is 2.35. The molecule has 1 radical (unpaired) electrons. The molecule has 0 aliphatic carbocycles. The number of piperazine rings is 1. The molecule has 1 saturated heterocycles. The smallest absolute Gasteiger partial charge is 0.0837 e. The third kappa shape index (κ3) is 2.30. The van der Waals surface area contributed by atoms with Crippen molar-refractivity contribution in [2.75, 3.05) is 26.2 Å². The molecule has 0 aromatic heterocycles. The Hall–Kier alpha value is -0.120. The van der Waals surface area contributed by atoms with Gasteiger partial charge in [0.05, 0.1) is 6.61 Å². The van der Waals surface area contributed by atoms with Gasteiger partial charge in [-0.15, -0.1) is 0 Å². The van der Waals surface area contributed by atoms with Gasteiger partial charge in [-0.3, -0.25) is 0 Å². The molecule has 2 N–H and O–H groups in total. The Morgan fingerprint density at radius 1 is 1.44 bits per heavy atom. The van der Waals surface area contributed by atoms with Crippen LogP contribution in [0.25, 0.3) is 0 Å². The van der Waals surface area contributed by atoms with E-state index in [-0.39, 0.29) is 6.61 Å². The monoisotopic (exact) mass is 129 g/mol. The Morgan fingerprint density at radius 2 is 2.33 bits per heavy atom. The summed E-state index contributed by atoms with van der Waals surface area (Å²) in [6, 6.07) is 0.427. The van der Waals surface area contributed by atoms with Gasteiger partial charge in [0.25, 0.3) is 0 Å². The molecule has 1 atom stereocenters. The largest absolute Gasteiger partial charge is 0.314 e. The van der Waals surface area contributed by atoms with Crippen LogP contribution >= 0.6 is 0 Å². The topological polar surface area (TPSA) is 44.0 Å².